The zero-order valence-electron chi connectivity index (χ0n) is 10.1. The molecule has 1 heterocycles. The maximum Gasteiger partial charge on any atom is 0.416 e. The van der Waals surface area contributed by atoms with Crippen LogP contribution < -0.4 is 0 Å². The Morgan fingerprint density at radius 2 is 1.89 bits per heavy atom. The van der Waals surface area contributed by atoms with Crippen molar-refractivity contribution in [3.05, 3.63) is 65.0 Å². The lowest BCUT2D eigenvalue weighted by atomic mass is 10.0. The van der Waals surface area contributed by atoms with Gasteiger partial charge in [0.05, 0.1) is 11.3 Å². The topological polar surface area (TPSA) is 33.1 Å². The minimum Gasteiger partial charge on any atom is -0.382 e. The van der Waals surface area contributed by atoms with Crippen LogP contribution >= 0.6 is 0 Å². The number of aromatic nitrogens is 1. The number of rotatable bonds is 2. The molecule has 100 valence electrons. The summed E-state index contributed by atoms with van der Waals surface area (Å²) in [5.41, 5.74) is 0.489. The first-order valence-corrected chi connectivity index (χ1v) is 5.66. The van der Waals surface area contributed by atoms with Crippen LogP contribution in [0.4, 0.5) is 13.2 Å². The first-order chi connectivity index (χ1) is 8.89. The third kappa shape index (κ3) is 2.93. The maximum atomic E-state index is 12.6. The largest absolute Gasteiger partial charge is 0.416 e. The fourth-order valence-electron chi connectivity index (χ4n) is 1.83. The minimum absolute atomic E-state index is 0.177. The van der Waals surface area contributed by atoms with Crippen LogP contribution in [0.25, 0.3) is 0 Å². The SMILES string of the molecule is Cc1cccnc1C(O)c1cccc(C(F)(F)F)c1. The average molecular weight is 267 g/mol. The summed E-state index contributed by atoms with van der Waals surface area (Å²) >= 11 is 0. The Bertz CT molecular complexity index is 581. The molecule has 1 atom stereocenters. The van der Waals surface area contributed by atoms with Gasteiger partial charge in [0, 0.05) is 6.20 Å². The van der Waals surface area contributed by atoms with E-state index in [1.54, 1.807) is 19.1 Å². The van der Waals surface area contributed by atoms with Gasteiger partial charge in [0.2, 0.25) is 0 Å². The van der Waals surface area contributed by atoms with Gasteiger partial charge in [0.15, 0.2) is 0 Å². The second-order valence-electron chi connectivity index (χ2n) is 4.23. The second kappa shape index (κ2) is 5.01. The third-order valence-corrected chi connectivity index (χ3v) is 2.84. The maximum absolute atomic E-state index is 12.6. The second-order valence-corrected chi connectivity index (χ2v) is 4.23. The molecule has 1 unspecified atom stereocenters. The molecule has 0 bridgehead atoms. The Morgan fingerprint density at radius 1 is 1.16 bits per heavy atom. The van der Waals surface area contributed by atoms with Gasteiger partial charge in [0.25, 0.3) is 0 Å². The molecule has 2 aromatic rings. The number of benzene rings is 1. The van der Waals surface area contributed by atoms with E-state index in [1.165, 1.54) is 18.3 Å². The first-order valence-electron chi connectivity index (χ1n) is 5.66. The van der Waals surface area contributed by atoms with Crippen molar-refractivity contribution in [2.24, 2.45) is 0 Å². The van der Waals surface area contributed by atoms with Gasteiger partial charge in [0.1, 0.15) is 6.10 Å². The van der Waals surface area contributed by atoms with Crippen molar-refractivity contribution in [1.29, 1.82) is 0 Å². The number of hydrogen-bond acceptors (Lipinski definition) is 2. The van der Waals surface area contributed by atoms with Gasteiger partial charge >= 0.3 is 6.18 Å². The quantitative estimate of drug-likeness (QED) is 0.903. The Morgan fingerprint density at radius 3 is 2.53 bits per heavy atom. The van der Waals surface area contributed by atoms with E-state index < -0.39 is 17.8 Å². The van der Waals surface area contributed by atoms with Crippen LogP contribution in [-0.4, -0.2) is 10.1 Å². The predicted octanol–water partition coefficient (Wildman–Crippen LogP) is 3.49. The molecule has 19 heavy (non-hydrogen) atoms. The Labute approximate surface area is 108 Å². The van der Waals surface area contributed by atoms with Crippen molar-refractivity contribution in [2.75, 3.05) is 0 Å². The van der Waals surface area contributed by atoms with E-state index in [0.717, 1.165) is 17.7 Å². The molecule has 0 radical (unpaired) electrons. The van der Waals surface area contributed by atoms with Gasteiger partial charge < -0.3 is 5.11 Å². The lowest BCUT2D eigenvalue weighted by Crippen LogP contribution is -2.09. The van der Waals surface area contributed by atoms with Crippen LogP contribution in [0.2, 0.25) is 0 Å². The molecule has 0 aliphatic heterocycles. The number of pyridine rings is 1. The van der Waals surface area contributed by atoms with Crippen LogP contribution in [-0.2, 0) is 6.18 Å². The monoisotopic (exact) mass is 267 g/mol. The molecular weight excluding hydrogens is 255 g/mol. The van der Waals surface area contributed by atoms with Crippen molar-refractivity contribution in [3.63, 3.8) is 0 Å². The Hall–Kier alpha value is -1.88. The van der Waals surface area contributed by atoms with E-state index >= 15 is 0 Å². The van der Waals surface area contributed by atoms with Crippen molar-refractivity contribution >= 4 is 0 Å². The van der Waals surface area contributed by atoms with Gasteiger partial charge in [-0.2, -0.15) is 13.2 Å². The fraction of sp³-hybridized carbons (Fsp3) is 0.214. The molecule has 2 rings (SSSR count). The number of alkyl halides is 3. The molecule has 1 N–H and O–H groups in total. The van der Waals surface area contributed by atoms with Crippen LogP contribution in [0.5, 0.6) is 0 Å². The van der Waals surface area contributed by atoms with Gasteiger partial charge in [-0.3, -0.25) is 4.98 Å². The molecule has 1 aromatic carbocycles. The zero-order valence-corrected chi connectivity index (χ0v) is 10.1. The summed E-state index contributed by atoms with van der Waals surface area (Å²) in [5, 5.41) is 10.1. The standard InChI is InChI=1S/C14H12F3NO/c1-9-4-3-7-18-12(9)13(19)10-5-2-6-11(8-10)14(15,16)17/h2-8,13,19H,1H3. The minimum atomic E-state index is -4.42. The van der Waals surface area contributed by atoms with Crippen LogP contribution in [0.15, 0.2) is 42.6 Å². The zero-order chi connectivity index (χ0) is 14.0. The molecule has 0 aliphatic carbocycles. The first kappa shape index (κ1) is 13.5. The molecule has 1 aromatic heterocycles. The van der Waals surface area contributed by atoms with Crippen molar-refractivity contribution in [3.8, 4) is 0 Å². The smallest absolute Gasteiger partial charge is 0.382 e. The number of halogens is 3. The molecule has 5 heteroatoms. The Kier molecular flexibility index (Phi) is 3.57. The van der Waals surface area contributed by atoms with E-state index in [-0.39, 0.29) is 5.56 Å². The Balaban J connectivity index is 2.40. The summed E-state index contributed by atoms with van der Waals surface area (Å²) in [4.78, 5) is 4.02. The van der Waals surface area contributed by atoms with Crippen LogP contribution in [0, 0.1) is 6.92 Å². The van der Waals surface area contributed by atoms with Gasteiger partial charge in [-0.1, -0.05) is 18.2 Å². The molecule has 2 nitrogen and oxygen atoms in total. The molecule has 0 fully saturated rings. The molecule has 0 aliphatic rings. The fourth-order valence-corrected chi connectivity index (χ4v) is 1.83. The third-order valence-electron chi connectivity index (χ3n) is 2.84. The average Bonchev–Trinajstić information content (AvgIpc) is 2.38. The summed E-state index contributed by atoms with van der Waals surface area (Å²) < 4.78 is 37.8. The normalized spacial score (nSPS) is 13.3. The molecule has 0 spiro atoms. The highest BCUT2D eigenvalue weighted by atomic mass is 19.4. The highest BCUT2D eigenvalue weighted by Gasteiger charge is 2.31. The van der Waals surface area contributed by atoms with Gasteiger partial charge in [-0.15, -0.1) is 0 Å². The molecule has 0 saturated heterocycles. The van der Waals surface area contributed by atoms with Gasteiger partial charge in [-0.05, 0) is 36.2 Å². The summed E-state index contributed by atoms with van der Waals surface area (Å²) in [5.74, 6) is 0. The van der Waals surface area contributed by atoms with E-state index in [2.05, 4.69) is 4.98 Å². The number of aryl methyl sites for hydroxylation is 1. The molecule has 0 saturated carbocycles. The molecule has 0 amide bonds. The van der Waals surface area contributed by atoms with E-state index in [4.69, 9.17) is 0 Å². The van der Waals surface area contributed by atoms with Crippen molar-refractivity contribution in [2.45, 2.75) is 19.2 Å². The van der Waals surface area contributed by atoms with Crippen LogP contribution in [0.3, 0.4) is 0 Å². The van der Waals surface area contributed by atoms with Gasteiger partial charge in [-0.25, -0.2) is 0 Å². The lowest BCUT2D eigenvalue weighted by Gasteiger charge is -2.14. The summed E-state index contributed by atoms with van der Waals surface area (Å²) in [6.07, 6.45) is -4.09. The van der Waals surface area contributed by atoms with E-state index in [9.17, 15) is 18.3 Å². The van der Waals surface area contributed by atoms with Crippen molar-refractivity contribution in [1.82, 2.24) is 4.98 Å². The highest BCUT2D eigenvalue weighted by Crippen LogP contribution is 2.32. The summed E-state index contributed by atoms with van der Waals surface area (Å²) in [6, 6.07) is 8.10. The lowest BCUT2D eigenvalue weighted by molar-refractivity contribution is -0.137. The van der Waals surface area contributed by atoms with Crippen molar-refractivity contribution < 1.29 is 18.3 Å². The number of nitrogens with zero attached hydrogens (tertiary/aromatic N) is 1. The van der Waals surface area contributed by atoms with E-state index in [0.29, 0.717) is 5.69 Å². The summed E-state index contributed by atoms with van der Waals surface area (Å²) in [7, 11) is 0. The predicted molar refractivity (Wildman–Crippen MR) is 64.5 cm³/mol. The number of aliphatic hydroxyl groups excluding tert-OH is 1. The summed E-state index contributed by atoms with van der Waals surface area (Å²) in [6.45, 7) is 1.75. The molecular formula is C14H12F3NO. The number of hydrogen-bond donors (Lipinski definition) is 1. The van der Waals surface area contributed by atoms with Crippen LogP contribution in [0.1, 0.15) is 28.5 Å². The highest BCUT2D eigenvalue weighted by molar-refractivity contribution is 5.33. The van der Waals surface area contributed by atoms with E-state index in [1.807, 2.05) is 0 Å². The number of aliphatic hydroxyl groups is 1.